The molecular weight excluding hydrogens is 252 g/mol. The number of piperidine rings is 1. The number of amides is 1. The molecule has 4 nitrogen and oxygen atoms in total. The molecule has 2 fully saturated rings. The minimum Gasteiger partial charge on any atom is -0.351 e. The Morgan fingerprint density at radius 3 is 2.53 bits per heavy atom. The van der Waals surface area contributed by atoms with Gasteiger partial charge in [-0.2, -0.15) is 0 Å². The fourth-order valence-corrected chi connectivity index (χ4v) is 2.99. The number of rotatable bonds is 3. The summed E-state index contributed by atoms with van der Waals surface area (Å²) >= 11 is 0. The van der Waals surface area contributed by atoms with Crippen LogP contribution < -0.4 is 5.32 Å². The molecule has 2 aliphatic heterocycles. The van der Waals surface area contributed by atoms with E-state index in [0.717, 1.165) is 6.54 Å². The highest BCUT2D eigenvalue weighted by atomic mass is 19.3. The normalized spacial score (nSPS) is 29.3. The van der Waals surface area contributed by atoms with Crippen LogP contribution in [0.3, 0.4) is 0 Å². The van der Waals surface area contributed by atoms with Gasteiger partial charge in [0.05, 0.1) is 18.6 Å². The van der Waals surface area contributed by atoms with E-state index in [2.05, 4.69) is 5.32 Å². The van der Waals surface area contributed by atoms with Crippen molar-refractivity contribution < 1.29 is 15.0 Å². The largest absolute Gasteiger partial charge is 0.351 e. The van der Waals surface area contributed by atoms with E-state index in [1.165, 1.54) is 6.92 Å². The maximum absolute atomic E-state index is 14.2. The second-order valence-corrected chi connectivity index (χ2v) is 5.98. The molecular formula is C13H25F2N3O. The first-order valence-corrected chi connectivity index (χ1v) is 6.92. The lowest BCUT2D eigenvalue weighted by Gasteiger charge is -2.50. The standard InChI is InChI=1S/C13H23F2N3O.H2/c1-9(2)17-5-4-12(13(14,15)8-17)18-6-11(7-18)16-10(3)19;/h9,11-12H,4-8H2,1-3H3,(H,16,19);1H. The molecule has 2 heterocycles. The van der Waals surface area contributed by atoms with Crippen molar-refractivity contribution in [1.29, 1.82) is 0 Å². The molecule has 0 aromatic carbocycles. The predicted molar refractivity (Wildman–Crippen MR) is 71.4 cm³/mol. The molecule has 0 saturated carbocycles. The van der Waals surface area contributed by atoms with Crippen molar-refractivity contribution in [3.63, 3.8) is 0 Å². The average Bonchev–Trinajstić information content (AvgIpc) is 2.22. The maximum atomic E-state index is 14.2. The van der Waals surface area contributed by atoms with Crippen LogP contribution >= 0.6 is 0 Å². The third-order valence-electron chi connectivity index (χ3n) is 4.08. The molecule has 6 heteroatoms. The third-order valence-corrected chi connectivity index (χ3v) is 4.08. The van der Waals surface area contributed by atoms with Gasteiger partial charge in [-0.15, -0.1) is 0 Å². The van der Waals surface area contributed by atoms with Crippen LogP contribution in [0.5, 0.6) is 0 Å². The molecule has 1 atom stereocenters. The molecule has 0 aliphatic carbocycles. The summed E-state index contributed by atoms with van der Waals surface area (Å²) in [5.41, 5.74) is 0. The van der Waals surface area contributed by atoms with Gasteiger partial charge in [0.2, 0.25) is 5.91 Å². The molecule has 2 rings (SSSR count). The van der Waals surface area contributed by atoms with Crippen LogP contribution in [-0.4, -0.2) is 65.9 Å². The number of likely N-dealkylation sites (tertiary alicyclic amines) is 2. The number of carbonyl (C=O) groups excluding carboxylic acids is 1. The van der Waals surface area contributed by atoms with Crippen molar-refractivity contribution >= 4 is 5.91 Å². The molecule has 1 amide bonds. The van der Waals surface area contributed by atoms with Crippen LogP contribution in [0.2, 0.25) is 0 Å². The fourth-order valence-electron chi connectivity index (χ4n) is 2.99. The van der Waals surface area contributed by atoms with Gasteiger partial charge >= 0.3 is 0 Å². The van der Waals surface area contributed by atoms with Crippen molar-refractivity contribution in [2.24, 2.45) is 0 Å². The molecule has 0 aromatic rings. The number of alkyl halides is 2. The molecule has 0 aromatic heterocycles. The van der Waals surface area contributed by atoms with Gasteiger partial charge < -0.3 is 5.32 Å². The van der Waals surface area contributed by atoms with Gasteiger partial charge in [-0.1, -0.05) is 0 Å². The van der Waals surface area contributed by atoms with Gasteiger partial charge in [0.1, 0.15) is 0 Å². The van der Waals surface area contributed by atoms with Gasteiger partial charge in [0.25, 0.3) is 5.92 Å². The number of halogens is 2. The van der Waals surface area contributed by atoms with Crippen LogP contribution in [0.1, 0.15) is 28.6 Å². The van der Waals surface area contributed by atoms with E-state index in [4.69, 9.17) is 0 Å². The molecule has 0 radical (unpaired) electrons. The lowest BCUT2D eigenvalue weighted by Crippen LogP contribution is -2.68. The second-order valence-electron chi connectivity index (χ2n) is 5.98. The summed E-state index contributed by atoms with van der Waals surface area (Å²) in [5.74, 6) is -2.75. The molecule has 0 spiro atoms. The Kier molecular flexibility index (Phi) is 4.11. The Bertz CT molecular complexity index is 349. The topological polar surface area (TPSA) is 35.6 Å². The van der Waals surface area contributed by atoms with Crippen molar-refractivity contribution in [3.05, 3.63) is 0 Å². The summed E-state index contributed by atoms with van der Waals surface area (Å²) in [5, 5.41) is 2.77. The number of carbonyl (C=O) groups is 1. The molecule has 1 unspecified atom stereocenters. The molecule has 2 aliphatic rings. The zero-order valence-electron chi connectivity index (χ0n) is 11.8. The molecule has 19 heavy (non-hydrogen) atoms. The van der Waals surface area contributed by atoms with E-state index < -0.39 is 12.0 Å². The first kappa shape index (κ1) is 14.7. The minimum atomic E-state index is -2.66. The van der Waals surface area contributed by atoms with Gasteiger partial charge in [0, 0.05) is 34.0 Å². The van der Waals surface area contributed by atoms with Crippen LogP contribution in [0.4, 0.5) is 8.78 Å². The summed E-state index contributed by atoms with van der Waals surface area (Å²) < 4.78 is 28.3. The van der Waals surface area contributed by atoms with Crippen LogP contribution in [-0.2, 0) is 4.79 Å². The minimum absolute atomic E-state index is 0. The van der Waals surface area contributed by atoms with Crippen LogP contribution in [0.25, 0.3) is 0 Å². The Balaban J connectivity index is 0.00000200. The molecule has 2 saturated heterocycles. The van der Waals surface area contributed by atoms with E-state index in [-0.39, 0.29) is 26.0 Å². The first-order valence-electron chi connectivity index (χ1n) is 6.92. The summed E-state index contributed by atoms with van der Waals surface area (Å²) in [7, 11) is 0. The number of nitrogens with zero attached hydrogens (tertiary/aromatic N) is 2. The lowest BCUT2D eigenvalue weighted by atomic mass is 9.93. The van der Waals surface area contributed by atoms with Crippen LogP contribution in [0.15, 0.2) is 0 Å². The smallest absolute Gasteiger partial charge is 0.275 e. The summed E-state index contributed by atoms with van der Waals surface area (Å²) in [6, 6.07) is -0.473. The molecule has 0 bridgehead atoms. The third kappa shape index (κ3) is 3.23. The Morgan fingerprint density at radius 1 is 1.42 bits per heavy atom. The lowest BCUT2D eigenvalue weighted by molar-refractivity contribution is -0.150. The quantitative estimate of drug-likeness (QED) is 0.841. The fraction of sp³-hybridized carbons (Fsp3) is 0.923. The average molecular weight is 277 g/mol. The highest BCUT2D eigenvalue weighted by Gasteiger charge is 2.50. The summed E-state index contributed by atoms with van der Waals surface area (Å²) in [6.07, 6.45) is 0.498. The Morgan fingerprint density at radius 2 is 2.05 bits per heavy atom. The zero-order chi connectivity index (χ0) is 14.2. The number of nitrogens with one attached hydrogen (secondary N) is 1. The highest BCUT2D eigenvalue weighted by Crippen LogP contribution is 2.34. The zero-order valence-corrected chi connectivity index (χ0v) is 11.8. The van der Waals surface area contributed by atoms with Gasteiger partial charge in [-0.05, 0) is 20.3 Å². The van der Waals surface area contributed by atoms with Crippen molar-refractivity contribution in [2.75, 3.05) is 26.2 Å². The summed E-state index contributed by atoms with van der Waals surface area (Å²) in [4.78, 5) is 14.5. The van der Waals surface area contributed by atoms with Crippen molar-refractivity contribution in [2.45, 2.75) is 51.2 Å². The predicted octanol–water partition coefficient (Wildman–Crippen LogP) is 1.17. The van der Waals surface area contributed by atoms with Gasteiger partial charge in [-0.25, -0.2) is 8.78 Å². The first-order chi connectivity index (χ1) is 8.79. The Hall–Kier alpha value is -0.750. The summed E-state index contributed by atoms with van der Waals surface area (Å²) in [6.45, 7) is 7.01. The molecule has 1 N–H and O–H groups in total. The molecule has 112 valence electrons. The monoisotopic (exact) mass is 277 g/mol. The van der Waals surface area contributed by atoms with E-state index in [9.17, 15) is 13.6 Å². The van der Waals surface area contributed by atoms with Crippen molar-refractivity contribution in [3.8, 4) is 0 Å². The SMILES string of the molecule is CC(=O)NC1CN(C2CCN(C(C)C)CC2(F)F)C1.[HH]. The van der Waals surface area contributed by atoms with Gasteiger partial charge in [-0.3, -0.25) is 14.6 Å². The van der Waals surface area contributed by atoms with E-state index in [1.807, 2.05) is 18.7 Å². The number of hydrogen-bond acceptors (Lipinski definition) is 3. The van der Waals surface area contributed by atoms with E-state index in [0.29, 0.717) is 19.5 Å². The van der Waals surface area contributed by atoms with E-state index in [1.54, 1.807) is 4.90 Å². The highest BCUT2D eigenvalue weighted by molar-refractivity contribution is 5.73. The second kappa shape index (κ2) is 5.32. The Labute approximate surface area is 114 Å². The maximum Gasteiger partial charge on any atom is 0.275 e. The van der Waals surface area contributed by atoms with Gasteiger partial charge in [0.15, 0.2) is 0 Å². The van der Waals surface area contributed by atoms with Crippen LogP contribution in [0, 0.1) is 0 Å². The van der Waals surface area contributed by atoms with Crippen molar-refractivity contribution in [1.82, 2.24) is 15.1 Å². The number of hydrogen-bond donors (Lipinski definition) is 1. The van der Waals surface area contributed by atoms with E-state index >= 15 is 0 Å².